The molecule has 4 unspecified atom stereocenters. The van der Waals surface area contributed by atoms with Gasteiger partial charge in [-0.25, -0.2) is 0 Å². The van der Waals surface area contributed by atoms with Crippen LogP contribution in [0.2, 0.25) is 0 Å². The predicted molar refractivity (Wildman–Crippen MR) is 114 cm³/mol. The summed E-state index contributed by atoms with van der Waals surface area (Å²) in [5.41, 5.74) is 1.62. The van der Waals surface area contributed by atoms with Crippen LogP contribution in [0.25, 0.3) is 0 Å². The Morgan fingerprint density at radius 1 is 0.889 bits per heavy atom. The lowest BCUT2D eigenvalue weighted by atomic mass is 9.41. The van der Waals surface area contributed by atoms with E-state index in [0.29, 0.717) is 22.0 Å². The molecule has 7 atom stereocenters. The summed E-state index contributed by atoms with van der Waals surface area (Å²) in [6, 6.07) is 0. The molecule has 4 saturated carbocycles. The van der Waals surface area contributed by atoms with Crippen molar-refractivity contribution in [3.63, 3.8) is 0 Å². The molecule has 4 aliphatic carbocycles. The number of carbonyl (C=O) groups is 1. The highest BCUT2D eigenvalue weighted by Gasteiger charge is 2.60. The number of Topliss-reactive ketones (excluding diaryl/α,β-unsaturated/α-hetero) is 1. The molecular formula is C26H44O. The number of rotatable bonds is 4. The van der Waals surface area contributed by atoms with E-state index >= 15 is 0 Å². The Labute approximate surface area is 168 Å². The Hall–Kier alpha value is -0.330. The fourth-order valence-electron chi connectivity index (χ4n) is 9.00. The lowest BCUT2D eigenvalue weighted by Gasteiger charge is -2.64. The van der Waals surface area contributed by atoms with Crippen molar-refractivity contribution < 1.29 is 4.79 Å². The van der Waals surface area contributed by atoms with Crippen LogP contribution in [0.5, 0.6) is 0 Å². The second-order valence-electron chi connectivity index (χ2n) is 12.2. The first-order chi connectivity index (χ1) is 12.7. The first-order valence-electron chi connectivity index (χ1n) is 12.2. The highest BCUT2D eigenvalue weighted by molar-refractivity contribution is 5.80. The van der Waals surface area contributed by atoms with Gasteiger partial charge in [0, 0.05) is 12.3 Å². The van der Waals surface area contributed by atoms with Gasteiger partial charge in [0.15, 0.2) is 0 Å². The van der Waals surface area contributed by atoms with E-state index in [0.717, 1.165) is 36.5 Å². The highest BCUT2D eigenvalue weighted by atomic mass is 16.1. The van der Waals surface area contributed by atoms with E-state index in [1.165, 1.54) is 64.2 Å². The van der Waals surface area contributed by atoms with Gasteiger partial charge in [0.25, 0.3) is 0 Å². The largest absolute Gasteiger partial charge is 0.299 e. The average molecular weight is 373 g/mol. The van der Waals surface area contributed by atoms with Crippen molar-refractivity contribution in [3.05, 3.63) is 0 Å². The Bertz CT molecular complexity index is 579. The molecule has 0 saturated heterocycles. The lowest BCUT2D eigenvalue weighted by Crippen LogP contribution is -2.56. The van der Waals surface area contributed by atoms with Gasteiger partial charge in [0.05, 0.1) is 0 Å². The topological polar surface area (TPSA) is 17.1 Å². The van der Waals surface area contributed by atoms with Crippen molar-refractivity contribution in [3.8, 4) is 0 Å². The van der Waals surface area contributed by atoms with Crippen LogP contribution in [0.15, 0.2) is 0 Å². The molecule has 0 aromatic rings. The van der Waals surface area contributed by atoms with Crippen molar-refractivity contribution in [2.75, 3.05) is 0 Å². The third-order valence-corrected chi connectivity index (χ3v) is 10.5. The third-order valence-electron chi connectivity index (χ3n) is 10.5. The molecule has 4 rings (SSSR count). The monoisotopic (exact) mass is 372 g/mol. The van der Waals surface area contributed by atoms with Gasteiger partial charge in [-0.3, -0.25) is 4.79 Å². The highest BCUT2D eigenvalue weighted by Crippen LogP contribution is 2.69. The summed E-state index contributed by atoms with van der Waals surface area (Å²) in [5, 5.41) is 0. The van der Waals surface area contributed by atoms with Gasteiger partial charge in [0.2, 0.25) is 0 Å². The van der Waals surface area contributed by atoms with Gasteiger partial charge in [-0.15, -0.1) is 0 Å². The molecule has 0 aliphatic heterocycles. The molecule has 0 aromatic heterocycles. The number of hydrogen-bond donors (Lipinski definition) is 0. The maximum absolute atomic E-state index is 12.4. The summed E-state index contributed by atoms with van der Waals surface area (Å²) in [7, 11) is 0. The van der Waals surface area contributed by atoms with Crippen LogP contribution < -0.4 is 0 Å². The summed E-state index contributed by atoms with van der Waals surface area (Å²) in [6.07, 6.45) is 16.6. The summed E-state index contributed by atoms with van der Waals surface area (Å²) in [4.78, 5) is 12.4. The SMILES string of the molecule is CC(C)C(=O)CC[C@@]1(C)CCC[C@@]2(C)C3CC[C@@]4(C)CCCC4C3CCC12. The van der Waals surface area contributed by atoms with Crippen molar-refractivity contribution >= 4 is 5.78 Å². The van der Waals surface area contributed by atoms with Crippen LogP contribution in [0.1, 0.15) is 112 Å². The summed E-state index contributed by atoms with van der Waals surface area (Å²) in [6.45, 7) is 12.0. The van der Waals surface area contributed by atoms with E-state index in [9.17, 15) is 4.79 Å². The molecule has 27 heavy (non-hydrogen) atoms. The predicted octanol–water partition coefficient (Wildman–Crippen LogP) is 7.43. The molecule has 154 valence electrons. The number of hydrogen-bond acceptors (Lipinski definition) is 1. The van der Waals surface area contributed by atoms with Crippen LogP contribution in [-0.2, 0) is 4.79 Å². The first-order valence-corrected chi connectivity index (χ1v) is 12.2. The summed E-state index contributed by atoms with van der Waals surface area (Å²) >= 11 is 0. The molecule has 4 fully saturated rings. The second-order valence-corrected chi connectivity index (χ2v) is 12.2. The fourth-order valence-corrected chi connectivity index (χ4v) is 9.00. The molecule has 1 heteroatoms. The smallest absolute Gasteiger partial charge is 0.135 e. The number of ketones is 1. The molecule has 0 amide bonds. The van der Waals surface area contributed by atoms with Gasteiger partial charge in [-0.1, -0.05) is 47.5 Å². The third kappa shape index (κ3) is 3.14. The van der Waals surface area contributed by atoms with E-state index in [1.807, 2.05) is 0 Å². The zero-order valence-electron chi connectivity index (χ0n) is 18.8. The molecule has 0 bridgehead atoms. The van der Waals surface area contributed by atoms with Crippen molar-refractivity contribution in [1.29, 1.82) is 0 Å². The zero-order chi connectivity index (χ0) is 19.4. The molecule has 0 radical (unpaired) electrons. The summed E-state index contributed by atoms with van der Waals surface area (Å²) in [5.74, 6) is 4.53. The van der Waals surface area contributed by atoms with E-state index in [-0.39, 0.29) is 5.92 Å². The minimum absolute atomic E-state index is 0.206. The summed E-state index contributed by atoms with van der Waals surface area (Å²) < 4.78 is 0. The van der Waals surface area contributed by atoms with Crippen molar-refractivity contribution in [1.82, 2.24) is 0 Å². The molecular weight excluding hydrogens is 328 g/mol. The molecule has 0 spiro atoms. The van der Waals surface area contributed by atoms with Crippen molar-refractivity contribution in [2.24, 2.45) is 45.8 Å². The first kappa shape index (κ1) is 20.0. The fraction of sp³-hybridized carbons (Fsp3) is 0.962. The van der Waals surface area contributed by atoms with Crippen LogP contribution >= 0.6 is 0 Å². The molecule has 0 N–H and O–H groups in total. The minimum atomic E-state index is 0.206. The van der Waals surface area contributed by atoms with Crippen LogP contribution in [-0.4, -0.2) is 5.78 Å². The van der Waals surface area contributed by atoms with E-state index < -0.39 is 0 Å². The Kier molecular flexibility index (Phi) is 5.08. The van der Waals surface area contributed by atoms with Gasteiger partial charge in [0.1, 0.15) is 5.78 Å². The maximum atomic E-state index is 12.4. The van der Waals surface area contributed by atoms with Crippen LogP contribution in [0.3, 0.4) is 0 Å². The quantitative estimate of drug-likeness (QED) is 0.501. The van der Waals surface area contributed by atoms with E-state index in [1.54, 1.807) is 0 Å². The average Bonchev–Trinajstić information content (AvgIpc) is 3.01. The molecule has 0 aromatic carbocycles. The Morgan fingerprint density at radius 2 is 1.67 bits per heavy atom. The van der Waals surface area contributed by atoms with Gasteiger partial charge in [-0.2, -0.15) is 0 Å². The van der Waals surface area contributed by atoms with E-state index in [2.05, 4.69) is 34.6 Å². The van der Waals surface area contributed by atoms with Crippen molar-refractivity contribution in [2.45, 2.75) is 112 Å². The zero-order valence-corrected chi connectivity index (χ0v) is 18.8. The molecule has 1 nitrogen and oxygen atoms in total. The minimum Gasteiger partial charge on any atom is -0.299 e. The lowest BCUT2D eigenvalue weighted by molar-refractivity contribution is -0.148. The normalized spacial score (nSPS) is 49.4. The van der Waals surface area contributed by atoms with Gasteiger partial charge >= 0.3 is 0 Å². The molecule has 0 heterocycles. The van der Waals surface area contributed by atoms with Crippen LogP contribution in [0, 0.1) is 45.8 Å². The van der Waals surface area contributed by atoms with Gasteiger partial charge in [-0.05, 0) is 97.7 Å². The molecule has 4 aliphatic rings. The Morgan fingerprint density at radius 3 is 2.41 bits per heavy atom. The Balaban J connectivity index is 1.55. The second kappa shape index (κ2) is 6.88. The number of fused-ring (bicyclic) bond motifs is 5. The standard InChI is InChI=1S/C26H44O/c1-18(2)22(27)12-17-25(4)14-7-15-26(5)21-11-16-24(3)13-6-8-20(24)19(21)9-10-23(25)26/h18-21,23H,6-17H2,1-5H3/t19?,20?,21?,23?,24-,25-,26+/m1/s1. The van der Waals surface area contributed by atoms with E-state index in [4.69, 9.17) is 0 Å². The van der Waals surface area contributed by atoms with Gasteiger partial charge < -0.3 is 0 Å². The number of carbonyl (C=O) groups excluding carboxylic acids is 1. The maximum Gasteiger partial charge on any atom is 0.135 e. The van der Waals surface area contributed by atoms with Crippen LogP contribution in [0.4, 0.5) is 0 Å².